The number of urea groups is 1. The van der Waals surface area contributed by atoms with Crippen LogP contribution in [0.4, 0.5) is 4.79 Å². The lowest BCUT2D eigenvalue weighted by Crippen LogP contribution is -2.51. The first-order valence-corrected chi connectivity index (χ1v) is 7.77. The van der Waals surface area contributed by atoms with Crippen molar-refractivity contribution in [3.63, 3.8) is 0 Å². The Kier molecular flexibility index (Phi) is 4.61. The van der Waals surface area contributed by atoms with E-state index in [9.17, 15) is 4.79 Å². The number of hydrogen-bond acceptors (Lipinski definition) is 5. The average molecular weight is 318 g/mol. The lowest BCUT2D eigenvalue weighted by molar-refractivity contribution is 0.128. The van der Waals surface area contributed by atoms with Crippen molar-refractivity contribution >= 4 is 6.03 Å². The van der Waals surface area contributed by atoms with Crippen LogP contribution in [0.25, 0.3) is 0 Å². The van der Waals surface area contributed by atoms with Gasteiger partial charge in [0.05, 0.1) is 18.8 Å². The molecule has 0 bridgehead atoms. The maximum atomic E-state index is 12.4. The summed E-state index contributed by atoms with van der Waals surface area (Å²) in [5.74, 6) is 1.70. The monoisotopic (exact) mass is 318 g/mol. The summed E-state index contributed by atoms with van der Waals surface area (Å²) < 4.78 is 7.18. The van der Waals surface area contributed by atoms with Gasteiger partial charge in [0.25, 0.3) is 0 Å². The quantitative estimate of drug-likeness (QED) is 0.909. The molecule has 0 unspecified atom stereocenters. The fraction of sp³-hybridized carbons (Fsp3) is 0.533. The first-order chi connectivity index (χ1) is 11.1. The molecule has 1 atom stereocenters. The number of nitrogens with one attached hydrogen (secondary N) is 1. The van der Waals surface area contributed by atoms with Gasteiger partial charge in [0, 0.05) is 33.2 Å². The van der Waals surface area contributed by atoms with E-state index in [1.807, 2.05) is 35.6 Å². The van der Waals surface area contributed by atoms with Gasteiger partial charge in [-0.1, -0.05) is 0 Å². The van der Waals surface area contributed by atoms with Gasteiger partial charge >= 0.3 is 6.03 Å². The van der Waals surface area contributed by atoms with Crippen molar-refractivity contribution in [2.24, 2.45) is 7.05 Å². The molecular formula is C15H22N6O2. The van der Waals surface area contributed by atoms with E-state index in [0.29, 0.717) is 13.1 Å². The van der Waals surface area contributed by atoms with Crippen LogP contribution < -0.4 is 5.32 Å². The van der Waals surface area contributed by atoms with Crippen LogP contribution in [0, 0.1) is 0 Å². The molecule has 1 aliphatic heterocycles. The van der Waals surface area contributed by atoms with Crippen molar-refractivity contribution in [2.45, 2.75) is 19.5 Å². The van der Waals surface area contributed by atoms with Crippen molar-refractivity contribution in [3.05, 3.63) is 36.3 Å². The third kappa shape index (κ3) is 3.70. The highest BCUT2D eigenvalue weighted by Crippen LogP contribution is 2.11. The summed E-state index contributed by atoms with van der Waals surface area (Å²) in [7, 11) is 1.87. The van der Waals surface area contributed by atoms with E-state index in [-0.39, 0.29) is 12.1 Å². The minimum Gasteiger partial charge on any atom is -0.468 e. The maximum absolute atomic E-state index is 12.4. The Labute approximate surface area is 135 Å². The summed E-state index contributed by atoms with van der Waals surface area (Å²) in [6.07, 6.45) is 3.32. The third-order valence-electron chi connectivity index (χ3n) is 4.09. The molecule has 2 aromatic heterocycles. The highest BCUT2D eigenvalue weighted by Gasteiger charge is 2.23. The van der Waals surface area contributed by atoms with Crippen molar-refractivity contribution in [2.75, 3.05) is 26.2 Å². The fourth-order valence-electron chi connectivity index (χ4n) is 2.76. The van der Waals surface area contributed by atoms with Gasteiger partial charge in [0.1, 0.15) is 12.1 Å². The molecule has 0 aliphatic carbocycles. The molecule has 1 saturated heterocycles. The van der Waals surface area contributed by atoms with Crippen molar-refractivity contribution in [1.82, 2.24) is 29.9 Å². The number of rotatable bonds is 4. The van der Waals surface area contributed by atoms with Crippen LogP contribution in [0.2, 0.25) is 0 Å². The molecular weight excluding hydrogens is 296 g/mol. The summed E-state index contributed by atoms with van der Waals surface area (Å²) in [5.41, 5.74) is 0. The summed E-state index contributed by atoms with van der Waals surface area (Å²) in [5, 5.41) is 10.8. The Balaban J connectivity index is 1.47. The standard InChI is InChI=1S/C15H22N6O2/c1-12(14-18-16-11-19(14)2)17-15(22)21-7-5-20(6-8-21)10-13-4-3-9-23-13/h3-4,9,11-12H,5-8,10H2,1-2H3,(H,17,22)/t12-/m0/s1. The minimum absolute atomic E-state index is 0.0573. The summed E-state index contributed by atoms with van der Waals surface area (Å²) in [6, 6.07) is 3.64. The van der Waals surface area contributed by atoms with Gasteiger partial charge in [-0.2, -0.15) is 0 Å². The van der Waals surface area contributed by atoms with Crippen molar-refractivity contribution < 1.29 is 9.21 Å². The topological polar surface area (TPSA) is 79.4 Å². The molecule has 0 radical (unpaired) electrons. The number of hydrogen-bond donors (Lipinski definition) is 1. The Bertz CT molecular complexity index is 630. The molecule has 1 fully saturated rings. The van der Waals surface area contributed by atoms with Gasteiger partial charge in [-0.3, -0.25) is 4.90 Å². The van der Waals surface area contributed by atoms with Gasteiger partial charge in [-0.05, 0) is 19.1 Å². The highest BCUT2D eigenvalue weighted by atomic mass is 16.3. The maximum Gasteiger partial charge on any atom is 0.318 e. The Morgan fingerprint density at radius 2 is 2.17 bits per heavy atom. The third-order valence-corrected chi connectivity index (χ3v) is 4.09. The normalized spacial score (nSPS) is 17.2. The zero-order chi connectivity index (χ0) is 16.2. The molecule has 3 heterocycles. The highest BCUT2D eigenvalue weighted by molar-refractivity contribution is 5.74. The fourth-order valence-corrected chi connectivity index (χ4v) is 2.76. The molecule has 1 aliphatic rings. The molecule has 0 saturated carbocycles. The van der Waals surface area contributed by atoms with Crippen LogP contribution in [0.1, 0.15) is 24.6 Å². The number of aryl methyl sites for hydroxylation is 1. The average Bonchev–Trinajstić information content (AvgIpc) is 3.19. The lowest BCUT2D eigenvalue weighted by atomic mass is 10.3. The molecule has 0 aromatic carbocycles. The van der Waals surface area contributed by atoms with Gasteiger partial charge in [0.15, 0.2) is 5.82 Å². The van der Waals surface area contributed by atoms with Gasteiger partial charge in [-0.25, -0.2) is 4.79 Å². The summed E-state index contributed by atoms with van der Waals surface area (Å²) >= 11 is 0. The second-order valence-corrected chi connectivity index (χ2v) is 5.81. The molecule has 3 rings (SSSR count). The zero-order valence-corrected chi connectivity index (χ0v) is 13.5. The van der Waals surface area contributed by atoms with Crippen LogP contribution in [-0.4, -0.2) is 56.8 Å². The zero-order valence-electron chi connectivity index (χ0n) is 13.5. The van der Waals surface area contributed by atoms with Crippen molar-refractivity contribution in [3.8, 4) is 0 Å². The van der Waals surface area contributed by atoms with Crippen LogP contribution in [0.15, 0.2) is 29.1 Å². The molecule has 8 nitrogen and oxygen atoms in total. The first-order valence-electron chi connectivity index (χ1n) is 7.77. The van der Waals surface area contributed by atoms with Crippen LogP contribution in [0.3, 0.4) is 0 Å². The van der Waals surface area contributed by atoms with Gasteiger partial charge < -0.3 is 19.2 Å². The SMILES string of the molecule is C[C@H](NC(=O)N1CCN(Cc2ccco2)CC1)c1nncn1C. The molecule has 2 aromatic rings. The number of aromatic nitrogens is 3. The molecule has 23 heavy (non-hydrogen) atoms. The van der Waals surface area contributed by atoms with Crippen molar-refractivity contribution in [1.29, 1.82) is 0 Å². The van der Waals surface area contributed by atoms with E-state index in [4.69, 9.17) is 4.42 Å². The predicted molar refractivity (Wildman–Crippen MR) is 83.5 cm³/mol. The minimum atomic E-state index is -0.170. The summed E-state index contributed by atoms with van der Waals surface area (Å²) in [6.45, 7) is 5.79. The van der Waals surface area contributed by atoms with E-state index in [1.165, 1.54) is 0 Å². The number of furan rings is 1. The second-order valence-electron chi connectivity index (χ2n) is 5.81. The second kappa shape index (κ2) is 6.82. The number of piperazine rings is 1. The van der Waals surface area contributed by atoms with Gasteiger partial charge in [0.2, 0.25) is 0 Å². The van der Waals surface area contributed by atoms with E-state index >= 15 is 0 Å². The number of carbonyl (C=O) groups excluding carboxylic acids is 1. The molecule has 2 amide bonds. The number of amides is 2. The van der Waals surface area contributed by atoms with E-state index in [2.05, 4.69) is 20.4 Å². The Morgan fingerprint density at radius 1 is 1.39 bits per heavy atom. The van der Waals surface area contributed by atoms with Crippen LogP contribution >= 0.6 is 0 Å². The Hall–Kier alpha value is -2.35. The smallest absolute Gasteiger partial charge is 0.318 e. The van der Waals surface area contributed by atoms with E-state index in [0.717, 1.165) is 31.2 Å². The lowest BCUT2D eigenvalue weighted by Gasteiger charge is -2.34. The van der Waals surface area contributed by atoms with Gasteiger partial charge in [-0.15, -0.1) is 10.2 Å². The number of carbonyl (C=O) groups is 1. The van der Waals surface area contributed by atoms with Crippen LogP contribution in [0.5, 0.6) is 0 Å². The van der Waals surface area contributed by atoms with E-state index in [1.54, 1.807) is 12.6 Å². The Morgan fingerprint density at radius 3 is 2.78 bits per heavy atom. The predicted octanol–water partition coefficient (Wildman–Crippen LogP) is 0.996. The molecule has 8 heteroatoms. The largest absolute Gasteiger partial charge is 0.468 e. The van der Waals surface area contributed by atoms with Crippen LogP contribution in [-0.2, 0) is 13.6 Å². The molecule has 0 spiro atoms. The molecule has 124 valence electrons. The number of nitrogens with zero attached hydrogens (tertiary/aromatic N) is 5. The van der Waals surface area contributed by atoms with E-state index < -0.39 is 0 Å². The molecule has 1 N–H and O–H groups in total. The summed E-state index contributed by atoms with van der Waals surface area (Å²) in [4.78, 5) is 16.5. The first kappa shape index (κ1) is 15.5.